The van der Waals surface area contributed by atoms with Gasteiger partial charge in [0.05, 0.1) is 13.0 Å². The molecule has 0 aromatic carbocycles. The summed E-state index contributed by atoms with van der Waals surface area (Å²) in [4.78, 5) is 67.8. The molecular weight excluding hydrogens is 1280 g/mol. The van der Waals surface area contributed by atoms with E-state index in [1.165, 1.54) is 142 Å². The van der Waals surface area contributed by atoms with Crippen LogP contribution in [0, 0.1) is 0 Å². The predicted octanol–water partition coefficient (Wildman–Crippen LogP) is 20.3. The van der Waals surface area contributed by atoms with Crippen molar-refractivity contribution in [3.05, 3.63) is 0 Å². The summed E-state index contributed by atoms with van der Waals surface area (Å²) in [7, 11) is -13.6. The zero-order chi connectivity index (χ0) is 69.3. The molecule has 1 saturated carbocycles. The summed E-state index contributed by atoms with van der Waals surface area (Å²) >= 11 is 6.28. The Labute approximate surface area is 574 Å². The van der Waals surface area contributed by atoms with Crippen LogP contribution in [0.15, 0.2) is 0 Å². The van der Waals surface area contributed by atoms with E-state index >= 15 is 4.57 Å². The number of rotatable bonds is 56. The van der Waals surface area contributed by atoms with Crippen molar-refractivity contribution in [1.29, 1.82) is 0 Å². The monoisotopic (exact) mass is 1410 g/mol. The van der Waals surface area contributed by atoms with Crippen LogP contribution >= 0.6 is 19.4 Å². The molecule has 0 bridgehead atoms. The van der Waals surface area contributed by atoms with Crippen molar-refractivity contribution in [3.8, 4) is 0 Å². The summed E-state index contributed by atoms with van der Waals surface area (Å²) in [5.41, 5.74) is -0.664. The maximum atomic E-state index is 15.6. The number of alkyl halides is 1. The number of ether oxygens (including phenoxy) is 4. The molecule has 546 valence electrons. The van der Waals surface area contributed by atoms with E-state index in [1.807, 2.05) is 0 Å². The van der Waals surface area contributed by atoms with Gasteiger partial charge in [-0.05, 0) is 60.1 Å². The van der Waals surface area contributed by atoms with Gasteiger partial charge in [-0.15, -0.1) is 11.6 Å². The predicted molar refractivity (Wildman–Crippen MR) is 381 cm³/mol. The van der Waals surface area contributed by atoms with Crippen molar-refractivity contribution in [3.63, 3.8) is 0 Å². The first-order chi connectivity index (χ1) is 44.4. The van der Waals surface area contributed by atoms with Gasteiger partial charge in [0.15, 0.2) is 26.6 Å². The molecule has 17 nitrogen and oxygen atoms in total. The Morgan fingerprint density at radius 1 is 0.462 bits per heavy atom. The van der Waals surface area contributed by atoms with Gasteiger partial charge >= 0.3 is 48.8 Å². The number of hydrogen-bond acceptors (Lipinski definition) is 17. The van der Waals surface area contributed by atoms with Gasteiger partial charge in [-0.25, -0.2) is 4.57 Å². The summed E-state index contributed by atoms with van der Waals surface area (Å²) in [6.45, 7) is 27.5. The highest BCUT2D eigenvalue weighted by Crippen LogP contribution is 2.56. The van der Waals surface area contributed by atoms with E-state index in [1.54, 1.807) is 0 Å². The molecule has 0 N–H and O–H groups in total. The van der Waals surface area contributed by atoms with E-state index in [0.29, 0.717) is 31.0 Å². The molecule has 0 amide bonds. The Hall–Kier alpha value is -1.56. The number of carbonyl (C=O) groups excluding carboxylic acids is 5. The van der Waals surface area contributed by atoms with Gasteiger partial charge in [-0.2, -0.15) is 0 Å². The first-order valence-electron chi connectivity index (χ1n) is 37.4. The number of halogens is 1. The van der Waals surface area contributed by atoms with Crippen molar-refractivity contribution in [2.45, 2.75) is 398 Å². The number of ketones is 1. The minimum Gasteiger partial charge on any atom is -0.462 e. The molecular formula is C71H136ClO17PSi3. The van der Waals surface area contributed by atoms with E-state index in [9.17, 15) is 24.0 Å². The molecule has 1 heterocycles. The summed E-state index contributed by atoms with van der Waals surface area (Å²) < 4.78 is 89.0. The van der Waals surface area contributed by atoms with Crippen molar-refractivity contribution >= 4 is 74.5 Å². The molecule has 8 atom stereocenters. The van der Waals surface area contributed by atoms with Crippen molar-refractivity contribution in [2.24, 2.45) is 0 Å². The zero-order valence-electron chi connectivity index (χ0n) is 61.4. The van der Waals surface area contributed by atoms with Gasteiger partial charge in [0.2, 0.25) is 0 Å². The molecule has 1 aliphatic carbocycles. The summed E-state index contributed by atoms with van der Waals surface area (Å²) in [6, 6.07) is 1.97. The van der Waals surface area contributed by atoms with Gasteiger partial charge in [0, 0.05) is 26.4 Å². The number of carbonyl (C=O) groups is 5. The lowest BCUT2D eigenvalue weighted by Crippen LogP contribution is -2.71. The highest BCUT2D eigenvalue weighted by Gasteiger charge is 2.68. The molecule has 0 aromatic rings. The molecule has 0 aromatic heterocycles. The van der Waals surface area contributed by atoms with Crippen LogP contribution in [0.25, 0.3) is 0 Å². The molecule has 93 heavy (non-hydrogen) atoms. The third kappa shape index (κ3) is 32.1. The number of hydrogen-bond donors (Lipinski definition) is 0. The zero-order valence-corrected chi connectivity index (χ0v) is 66.1. The molecule has 2 fully saturated rings. The van der Waals surface area contributed by atoms with Crippen molar-refractivity contribution < 1.29 is 78.4 Å². The first-order valence-corrected chi connectivity index (χ1v) is 45.9. The molecule has 0 radical (unpaired) electrons. The number of esters is 4. The smallest absolute Gasteiger partial charge is 0.462 e. The van der Waals surface area contributed by atoms with Gasteiger partial charge in [-0.3, -0.25) is 32.7 Å². The summed E-state index contributed by atoms with van der Waals surface area (Å²) in [6.07, 6.45) is 25.7. The standard InChI is InChI=1S/C71H136ClO17PSi3/c1-16-21-23-25-27-29-31-33-35-37-39-41-43-45-47-49-62(74)80-54-61(82-63(75)50-48-46-44-42-40-38-36-34-32-30-28-26-24-22-17-2)55-81-90(78,79-15)85-68-66(83-64(76)52-51-60(14)73)69(86-91(18-3,19-4)20-5)71-70(67(68)84-65(77)53-72)87-92(56(6)7,57(8)9)89-93(88-71,58(10)11)59(12)13/h56-59,61,66-71H,16-55H2,1-15H3/t61-,66+,67+,68+,69-,70+,71+,90?/m1/s1. The van der Waals surface area contributed by atoms with Crippen LogP contribution in [0.5, 0.6) is 0 Å². The van der Waals surface area contributed by atoms with E-state index in [-0.39, 0.29) is 53.6 Å². The lowest BCUT2D eigenvalue weighted by molar-refractivity contribution is -0.228. The maximum Gasteiger partial charge on any atom is 0.475 e. The van der Waals surface area contributed by atoms with E-state index in [0.717, 1.165) is 52.1 Å². The number of unbranched alkanes of at least 4 members (excludes halogenated alkanes) is 28. The Bertz CT molecular complexity index is 2060. The molecule has 2 rings (SSSR count). The molecule has 2 aliphatic rings. The Balaban J connectivity index is 2.57. The van der Waals surface area contributed by atoms with E-state index in [2.05, 4.69) is 90.0 Å². The number of phosphoric ester groups is 1. The van der Waals surface area contributed by atoms with Crippen LogP contribution in [0.3, 0.4) is 0 Å². The topological polar surface area (TPSA) is 204 Å². The highest BCUT2D eigenvalue weighted by atomic mass is 35.5. The quantitative estimate of drug-likeness (QED) is 0.0139. The average Bonchev–Trinajstić information content (AvgIpc) is 1.65. The van der Waals surface area contributed by atoms with Crippen LogP contribution in [0.1, 0.15) is 315 Å². The Morgan fingerprint density at radius 3 is 1.20 bits per heavy atom. The number of fused-ring (bicyclic) bond motifs is 1. The lowest BCUT2D eigenvalue weighted by atomic mass is 9.84. The summed E-state index contributed by atoms with van der Waals surface area (Å²) in [5.74, 6) is -3.54. The fourth-order valence-electron chi connectivity index (χ4n) is 13.3. The van der Waals surface area contributed by atoms with Gasteiger partial charge in [-0.1, -0.05) is 270 Å². The van der Waals surface area contributed by atoms with Crippen LogP contribution < -0.4 is 0 Å². The van der Waals surface area contributed by atoms with Crippen molar-refractivity contribution in [2.75, 3.05) is 26.2 Å². The third-order valence-electron chi connectivity index (χ3n) is 19.4. The van der Waals surface area contributed by atoms with Gasteiger partial charge in [0.25, 0.3) is 0 Å². The first kappa shape index (κ1) is 87.5. The van der Waals surface area contributed by atoms with E-state index < -0.39 is 119 Å². The summed E-state index contributed by atoms with van der Waals surface area (Å²) in [5, 5.41) is 0. The molecule has 1 unspecified atom stereocenters. The Morgan fingerprint density at radius 2 is 0.839 bits per heavy atom. The SMILES string of the molecule is CCCCCCCCCCCCCCCCCC(=O)OC[C@H](COP(=O)(OC)O[C@H]1[C@H](OC(=O)CCC(C)=O)[C@@H](O[Si](CC)(CC)CC)[C@@H]2O[Si](C(C)C)(C(C)C)O[Si](C(C)C)(C(C)C)O[C@H]2[C@H]1OC(=O)CCl)OC(=O)CCCCCCCCCCCCCCCCC. The second-order valence-electron chi connectivity index (χ2n) is 28.1. The third-order valence-corrected chi connectivity index (χ3v) is 35.9. The van der Waals surface area contributed by atoms with Crippen LogP contribution in [0.4, 0.5) is 0 Å². The fraction of sp³-hybridized carbons (Fsp3) is 0.930. The van der Waals surface area contributed by atoms with Gasteiger partial charge in [0.1, 0.15) is 42.7 Å². The lowest BCUT2D eigenvalue weighted by Gasteiger charge is -2.52. The molecule has 0 spiro atoms. The van der Waals surface area contributed by atoms with Gasteiger partial charge < -0.3 is 41.1 Å². The second kappa shape index (κ2) is 49.1. The number of phosphoric acid groups is 1. The minimum absolute atomic E-state index is 0.107. The van der Waals surface area contributed by atoms with E-state index in [4.69, 9.17) is 61.5 Å². The molecule has 1 saturated heterocycles. The number of Topliss-reactive ketones (excluding diaryl/α,β-unsaturated/α-hetero) is 1. The normalized spacial score (nSPS) is 20.7. The minimum atomic E-state index is -4.95. The Kier molecular flexibility index (Phi) is 46.2. The molecule has 22 heteroatoms. The average molecular weight is 1410 g/mol. The van der Waals surface area contributed by atoms with Crippen molar-refractivity contribution in [1.82, 2.24) is 0 Å². The van der Waals surface area contributed by atoms with Crippen LogP contribution in [0.2, 0.25) is 40.3 Å². The highest BCUT2D eigenvalue weighted by molar-refractivity contribution is 7.48. The maximum absolute atomic E-state index is 15.6. The fourth-order valence-corrected chi connectivity index (χ4v) is 28.6. The van der Waals surface area contributed by atoms with Crippen LogP contribution in [-0.4, -0.2) is 124 Å². The van der Waals surface area contributed by atoms with Crippen LogP contribution in [-0.2, 0) is 78.4 Å². The molecule has 1 aliphatic heterocycles. The second-order valence-corrected chi connectivity index (χ2v) is 43.6. The largest absolute Gasteiger partial charge is 0.475 e.